The molecule has 168 valence electrons. The fraction of sp³-hybridized carbons (Fsp3) is 0.786. The van der Waals surface area contributed by atoms with Crippen molar-refractivity contribution in [2.24, 2.45) is 5.41 Å². The Morgan fingerprint density at radius 1 is 0.621 bits per heavy atom. The number of hydrogen-bond acceptors (Lipinski definition) is 1. The summed E-state index contributed by atoms with van der Waals surface area (Å²) in [5.74, 6) is 0.451. The summed E-state index contributed by atoms with van der Waals surface area (Å²) in [5.41, 5.74) is 1.36. The van der Waals surface area contributed by atoms with Crippen LogP contribution in [-0.4, -0.2) is 5.11 Å². The van der Waals surface area contributed by atoms with Gasteiger partial charge in [-0.05, 0) is 29.9 Å². The van der Waals surface area contributed by atoms with Crippen LogP contribution in [0.5, 0.6) is 5.75 Å². The molecule has 0 saturated heterocycles. The number of aromatic hydroxyl groups is 1. The average Bonchev–Trinajstić information content (AvgIpc) is 2.69. The molecule has 0 saturated carbocycles. The van der Waals surface area contributed by atoms with Crippen LogP contribution in [-0.2, 0) is 6.42 Å². The lowest BCUT2D eigenvalue weighted by Crippen LogP contribution is -2.15. The molecule has 0 bridgehead atoms. The molecule has 0 aliphatic rings. The number of unbranched alkanes of at least 4 members (excludes halogenated alkanes) is 15. The lowest BCUT2D eigenvalue weighted by molar-refractivity contribution is 0.311. The minimum Gasteiger partial charge on any atom is -0.508 e. The third kappa shape index (κ3) is 14.6. The van der Waals surface area contributed by atoms with Gasteiger partial charge in [-0.2, -0.15) is 0 Å². The van der Waals surface area contributed by atoms with Gasteiger partial charge in [-0.15, -0.1) is 0 Å². The van der Waals surface area contributed by atoms with Gasteiger partial charge in [0.2, 0.25) is 0 Å². The summed E-state index contributed by atoms with van der Waals surface area (Å²) in [4.78, 5) is 0. The molecule has 1 aromatic rings. The highest BCUT2D eigenvalue weighted by Gasteiger charge is 2.19. The van der Waals surface area contributed by atoms with Gasteiger partial charge >= 0.3 is 0 Å². The summed E-state index contributed by atoms with van der Waals surface area (Å²) in [6.07, 6.45) is 25.0. The van der Waals surface area contributed by atoms with Gasteiger partial charge in [-0.3, -0.25) is 0 Å². The smallest absolute Gasteiger partial charge is 0.118 e. The highest BCUT2D eigenvalue weighted by atomic mass is 16.3. The van der Waals surface area contributed by atoms with Crippen LogP contribution in [0.1, 0.15) is 135 Å². The molecule has 0 unspecified atom stereocenters. The van der Waals surface area contributed by atoms with E-state index in [4.69, 9.17) is 0 Å². The minimum absolute atomic E-state index is 0.273. The monoisotopic (exact) mass is 402 g/mol. The summed E-state index contributed by atoms with van der Waals surface area (Å²) in [6.45, 7) is 6.97. The zero-order valence-corrected chi connectivity index (χ0v) is 20.0. The highest BCUT2D eigenvalue weighted by Crippen LogP contribution is 2.31. The lowest BCUT2D eigenvalue weighted by Gasteiger charge is -2.25. The molecule has 0 radical (unpaired) electrons. The summed E-state index contributed by atoms with van der Waals surface area (Å²) >= 11 is 0. The number of benzene rings is 1. The molecule has 0 amide bonds. The standard InChI is InChI=1S/C28H50O/c1-4-5-6-7-8-9-10-11-12-13-14-15-16-17-18-21-24-28(2,3)25-26-22-19-20-23-27(26)29/h19-20,22-23,29H,4-18,21,24-25H2,1-3H3. The van der Waals surface area contributed by atoms with Crippen LogP contribution in [0.3, 0.4) is 0 Å². The Labute approximate surface area is 182 Å². The Bertz CT molecular complexity index is 491. The van der Waals surface area contributed by atoms with E-state index in [1.807, 2.05) is 12.1 Å². The van der Waals surface area contributed by atoms with Crippen molar-refractivity contribution in [3.8, 4) is 5.75 Å². The summed E-state index contributed by atoms with van der Waals surface area (Å²) < 4.78 is 0. The van der Waals surface area contributed by atoms with Crippen LogP contribution in [0, 0.1) is 5.41 Å². The van der Waals surface area contributed by atoms with E-state index < -0.39 is 0 Å². The van der Waals surface area contributed by atoms with Gasteiger partial charge in [0.05, 0.1) is 0 Å². The second-order valence-corrected chi connectivity index (χ2v) is 10.0. The lowest BCUT2D eigenvalue weighted by atomic mass is 9.81. The largest absolute Gasteiger partial charge is 0.508 e. The Balaban J connectivity index is 1.88. The van der Waals surface area contributed by atoms with Crippen LogP contribution in [0.2, 0.25) is 0 Å². The zero-order chi connectivity index (χ0) is 21.2. The van der Waals surface area contributed by atoms with Gasteiger partial charge in [0.1, 0.15) is 5.75 Å². The van der Waals surface area contributed by atoms with Crippen molar-refractivity contribution < 1.29 is 5.11 Å². The van der Waals surface area contributed by atoms with Crippen LogP contribution < -0.4 is 0 Å². The van der Waals surface area contributed by atoms with Crippen molar-refractivity contribution >= 4 is 0 Å². The summed E-state index contributed by atoms with van der Waals surface area (Å²) in [7, 11) is 0. The van der Waals surface area contributed by atoms with Gasteiger partial charge in [-0.25, -0.2) is 0 Å². The molecule has 1 nitrogen and oxygen atoms in total. The number of phenolic OH excluding ortho intramolecular Hbond substituents is 1. The molecule has 1 heteroatoms. The van der Waals surface area contributed by atoms with Gasteiger partial charge in [0, 0.05) is 0 Å². The average molecular weight is 403 g/mol. The van der Waals surface area contributed by atoms with E-state index in [1.54, 1.807) is 6.07 Å². The van der Waals surface area contributed by atoms with Crippen molar-refractivity contribution in [1.29, 1.82) is 0 Å². The van der Waals surface area contributed by atoms with Gasteiger partial charge in [0.15, 0.2) is 0 Å². The van der Waals surface area contributed by atoms with E-state index in [0.717, 1.165) is 12.0 Å². The Hall–Kier alpha value is -0.980. The molecule has 0 aliphatic carbocycles. The first-order valence-corrected chi connectivity index (χ1v) is 12.8. The first kappa shape index (κ1) is 26.1. The number of para-hydroxylation sites is 1. The molecule has 0 aliphatic heterocycles. The normalized spacial score (nSPS) is 11.8. The quantitative estimate of drug-likeness (QED) is 0.228. The molecule has 1 N–H and O–H groups in total. The minimum atomic E-state index is 0.273. The van der Waals surface area contributed by atoms with Crippen LogP contribution >= 0.6 is 0 Å². The molecule has 1 aromatic carbocycles. The third-order valence-electron chi connectivity index (χ3n) is 6.37. The highest BCUT2D eigenvalue weighted by molar-refractivity contribution is 5.32. The second-order valence-electron chi connectivity index (χ2n) is 10.0. The van der Waals surface area contributed by atoms with Gasteiger partial charge in [-0.1, -0.05) is 142 Å². The van der Waals surface area contributed by atoms with E-state index in [2.05, 4.69) is 26.8 Å². The van der Waals surface area contributed by atoms with E-state index in [-0.39, 0.29) is 5.41 Å². The maximum Gasteiger partial charge on any atom is 0.118 e. The fourth-order valence-electron chi connectivity index (χ4n) is 4.42. The van der Waals surface area contributed by atoms with Gasteiger partial charge < -0.3 is 5.11 Å². The van der Waals surface area contributed by atoms with Crippen molar-refractivity contribution in [2.45, 2.75) is 136 Å². The Kier molecular flexibility index (Phi) is 15.1. The molecule has 0 heterocycles. The van der Waals surface area contributed by atoms with Crippen molar-refractivity contribution in [1.82, 2.24) is 0 Å². The number of rotatable bonds is 19. The van der Waals surface area contributed by atoms with Gasteiger partial charge in [0.25, 0.3) is 0 Å². The predicted molar refractivity (Wildman–Crippen MR) is 130 cm³/mol. The summed E-state index contributed by atoms with van der Waals surface area (Å²) in [6, 6.07) is 7.80. The van der Waals surface area contributed by atoms with Crippen LogP contribution in [0.25, 0.3) is 0 Å². The van der Waals surface area contributed by atoms with E-state index in [1.165, 1.54) is 109 Å². The predicted octanol–water partition coefficient (Wildman–Crippen LogP) is 9.61. The first-order chi connectivity index (χ1) is 14.0. The number of hydrogen-bond donors (Lipinski definition) is 1. The Morgan fingerprint density at radius 2 is 1.03 bits per heavy atom. The van der Waals surface area contributed by atoms with Crippen molar-refractivity contribution in [3.63, 3.8) is 0 Å². The van der Waals surface area contributed by atoms with Crippen molar-refractivity contribution in [3.05, 3.63) is 29.8 Å². The third-order valence-corrected chi connectivity index (χ3v) is 6.37. The van der Waals surface area contributed by atoms with E-state index in [9.17, 15) is 5.11 Å². The summed E-state index contributed by atoms with van der Waals surface area (Å²) in [5, 5.41) is 9.99. The molecule has 0 fully saturated rings. The molecule has 0 atom stereocenters. The maximum absolute atomic E-state index is 9.99. The van der Waals surface area contributed by atoms with Crippen molar-refractivity contribution in [2.75, 3.05) is 0 Å². The first-order valence-electron chi connectivity index (χ1n) is 12.8. The second kappa shape index (κ2) is 16.8. The van der Waals surface area contributed by atoms with E-state index in [0.29, 0.717) is 5.75 Å². The number of phenols is 1. The van der Waals surface area contributed by atoms with Crippen LogP contribution in [0.4, 0.5) is 0 Å². The molecular formula is C28H50O. The topological polar surface area (TPSA) is 20.2 Å². The molecule has 0 spiro atoms. The fourth-order valence-corrected chi connectivity index (χ4v) is 4.42. The SMILES string of the molecule is CCCCCCCCCCCCCCCCCCC(C)(C)Cc1ccccc1O. The maximum atomic E-state index is 9.99. The van der Waals surface area contributed by atoms with E-state index >= 15 is 0 Å². The molecule has 1 rings (SSSR count). The molecular weight excluding hydrogens is 352 g/mol. The Morgan fingerprint density at radius 3 is 1.48 bits per heavy atom. The molecule has 29 heavy (non-hydrogen) atoms. The van der Waals surface area contributed by atoms with Crippen LogP contribution in [0.15, 0.2) is 24.3 Å². The zero-order valence-electron chi connectivity index (χ0n) is 20.0. The molecule has 0 aromatic heterocycles.